The van der Waals surface area contributed by atoms with Gasteiger partial charge >= 0.3 is 0 Å². The fourth-order valence-electron chi connectivity index (χ4n) is 9.68. The second-order valence-electron chi connectivity index (χ2n) is 15.3. The van der Waals surface area contributed by atoms with Gasteiger partial charge in [0.1, 0.15) is 5.75 Å². The fraction of sp³-hybridized carbons (Fsp3) is 0.217. The molecule has 5 aromatic rings. The molecule has 6 atom stereocenters. The highest BCUT2D eigenvalue weighted by atomic mass is 35.5. The Balaban J connectivity index is 1.10. The molecule has 9 rings (SSSR count). The number of phenols is 1. The van der Waals surface area contributed by atoms with E-state index in [0.29, 0.717) is 38.9 Å². The van der Waals surface area contributed by atoms with Crippen molar-refractivity contribution in [2.45, 2.75) is 24.2 Å². The zero-order valence-electron chi connectivity index (χ0n) is 31.2. The molecule has 1 N–H and O–H groups in total. The van der Waals surface area contributed by atoms with Crippen molar-refractivity contribution in [2.24, 2.45) is 33.9 Å². The number of nitrogens with zero attached hydrogens (tertiary/aromatic N) is 5. The number of benzene rings is 5. The number of halogens is 1. The van der Waals surface area contributed by atoms with Crippen molar-refractivity contribution in [1.29, 1.82) is 0 Å². The summed E-state index contributed by atoms with van der Waals surface area (Å²) in [5, 5.41) is 19.9. The van der Waals surface area contributed by atoms with Gasteiger partial charge in [0.15, 0.2) is 0 Å². The number of carbonyl (C=O) groups is 4. The zero-order valence-corrected chi connectivity index (χ0v) is 32.0. The number of hydrogen-bond donors (Lipinski definition) is 1. The summed E-state index contributed by atoms with van der Waals surface area (Å²) in [6, 6.07) is 37.3. The molecular weight excluding hydrogens is 738 g/mol. The van der Waals surface area contributed by atoms with E-state index in [1.54, 1.807) is 66.7 Å². The minimum Gasteiger partial charge on any atom is -0.508 e. The van der Waals surface area contributed by atoms with Crippen LogP contribution >= 0.6 is 11.6 Å². The predicted octanol–water partition coefficient (Wildman–Crippen LogP) is 8.89. The molecule has 2 aliphatic heterocycles. The van der Waals surface area contributed by atoms with Gasteiger partial charge in [0.2, 0.25) is 23.6 Å². The molecule has 11 heteroatoms. The van der Waals surface area contributed by atoms with E-state index < -0.39 is 46.8 Å². The van der Waals surface area contributed by atoms with Crippen LogP contribution in [-0.4, -0.2) is 42.8 Å². The molecule has 1 saturated carbocycles. The molecule has 0 spiro atoms. The van der Waals surface area contributed by atoms with Crippen LogP contribution in [0.5, 0.6) is 5.75 Å². The minimum absolute atomic E-state index is 0.00986. The van der Waals surface area contributed by atoms with Crippen LogP contribution in [0, 0.1) is 23.7 Å². The van der Waals surface area contributed by atoms with E-state index in [1.807, 2.05) is 85.7 Å². The van der Waals surface area contributed by atoms with Crippen LogP contribution in [0.2, 0.25) is 5.02 Å². The first-order valence-corrected chi connectivity index (χ1v) is 19.3. The van der Waals surface area contributed by atoms with Gasteiger partial charge in [0.05, 0.1) is 45.9 Å². The minimum atomic E-state index is -1.42. The molecule has 2 aliphatic carbocycles. The Morgan fingerprint density at radius 2 is 1.39 bits per heavy atom. The van der Waals surface area contributed by atoms with Gasteiger partial charge < -0.3 is 10.0 Å². The first-order valence-electron chi connectivity index (χ1n) is 18.9. The Hall–Kier alpha value is -6.39. The predicted molar refractivity (Wildman–Crippen MR) is 218 cm³/mol. The number of hydrogen-bond acceptors (Lipinski definition) is 8. The maximum Gasteiger partial charge on any atom is 0.246 e. The number of imide groups is 2. The number of allylic oxidation sites excluding steroid dienone is 2. The number of amides is 4. The molecule has 5 aromatic carbocycles. The third-order valence-corrected chi connectivity index (χ3v) is 12.4. The van der Waals surface area contributed by atoms with E-state index in [0.717, 1.165) is 11.3 Å². The van der Waals surface area contributed by atoms with Crippen molar-refractivity contribution < 1.29 is 24.3 Å². The lowest BCUT2D eigenvalue weighted by Gasteiger charge is -2.50. The van der Waals surface area contributed by atoms with Gasteiger partial charge in [-0.25, -0.2) is 4.90 Å². The van der Waals surface area contributed by atoms with Crippen molar-refractivity contribution in [3.05, 3.63) is 155 Å². The van der Waals surface area contributed by atoms with Crippen LogP contribution in [0.15, 0.2) is 149 Å². The molecule has 2 heterocycles. The number of phenolic OH excluding ortho intramolecular Hbond substituents is 1. The topological polar surface area (TPSA) is 123 Å². The summed E-state index contributed by atoms with van der Waals surface area (Å²) in [6.07, 6.45) is 2.45. The van der Waals surface area contributed by atoms with Crippen LogP contribution in [0.3, 0.4) is 0 Å². The van der Waals surface area contributed by atoms with Crippen LogP contribution in [0.1, 0.15) is 29.9 Å². The summed E-state index contributed by atoms with van der Waals surface area (Å²) in [7, 11) is 3.93. The van der Waals surface area contributed by atoms with Gasteiger partial charge in [-0.3, -0.25) is 24.1 Å². The van der Waals surface area contributed by atoms with Crippen LogP contribution in [0.4, 0.5) is 28.4 Å². The highest BCUT2D eigenvalue weighted by Crippen LogP contribution is 2.64. The van der Waals surface area contributed by atoms with Crippen molar-refractivity contribution in [1.82, 2.24) is 0 Å². The molecule has 2 saturated heterocycles. The first kappa shape index (κ1) is 36.3. The van der Waals surface area contributed by atoms with E-state index in [4.69, 9.17) is 11.6 Å². The molecule has 0 unspecified atom stereocenters. The lowest BCUT2D eigenvalue weighted by molar-refractivity contribution is -0.127. The Morgan fingerprint density at radius 3 is 2.05 bits per heavy atom. The second kappa shape index (κ2) is 14.0. The number of azo groups is 1. The third kappa shape index (κ3) is 5.77. The molecule has 0 aromatic heterocycles. The zero-order chi connectivity index (χ0) is 39.6. The van der Waals surface area contributed by atoms with E-state index in [2.05, 4.69) is 10.2 Å². The van der Waals surface area contributed by atoms with Gasteiger partial charge in [0, 0.05) is 30.7 Å². The number of aromatic hydroxyl groups is 1. The molecule has 0 radical (unpaired) electrons. The Morgan fingerprint density at radius 1 is 0.702 bits per heavy atom. The molecule has 0 bridgehead atoms. The third-order valence-electron chi connectivity index (χ3n) is 12.1. The van der Waals surface area contributed by atoms with Gasteiger partial charge in [-0.2, -0.15) is 10.2 Å². The van der Waals surface area contributed by atoms with Crippen LogP contribution in [-0.2, 0) is 24.6 Å². The standard InChI is InChI=1S/C46H38ClN5O5/c1-50(2)32-18-14-30(15-19-32)48-49-31-16-20-33(21-17-31)51-42(54)37-23-22-36-38(40(37)44(51)56)26-39-43(55)52(34-12-7-11-29(47)25-34)45(57)46(39,28-9-4-3-5-10-28)41(36)27-8-6-13-35(53)24-27/h3-22,24-25,37-41,53H,23,26H2,1-2H3/t37-,38+,39-,40-,41-,46+/m0/s1. The maximum absolute atomic E-state index is 15.3. The summed E-state index contributed by atoms with van der Waals surface area (Å²) < 4.78 is 0. The van der Waals surface area contributed by atoms with E-state index >= 15 is 4.79 Å². The average Bonchev–Trinajstić information content (AvgIpc) is 3.61. The second-order valence-corrected chi connectivity index (χ2v) is 15.8. The summed E-state index contributed by atoms with van der Waals surface area (Å²) in [5.74, 6) is -5.04. The largest absolute Gasteiger partial charge is 0.508 e. The number of carbonyl (C=O) groups excluding carboxylic acids is 4. The smallest absolute Gasteiger partial charge is 0.246 e. The molecule has 57 heavy (non-hydrogen) atoms. The highest BCUT2D eigenvalue weighted by molar-refractivity contribution is 6.32. The Bertz CT molecular complexity index is 2500. The lowest BCUT2D eigenvalue weighted by atomic mass is 9.49. The van der Waals surface area contributed by atoms with Crippen molar-refractivity contribution in [3.63, 3.8) is 0 Å². The van der Waals surface area contributed by atoms with Crippen molar-refractivity contribution >= 4 is 63.7 Å². The Kier molecular flexibility index (Phi) is 8.89. The SMILES string of the molecule is CN(C)c1ccc(N=Nc2ccc(N3C(=O)[C@H]4[C@H](CC=C5[C@H]4C[C@H]4C(=O)N(c6cccc(Cl)c6)C(=O)[C@@]4(c4ccccc4)[C@H]5c4cccc(O)c4)C3=O)cc2)cc1. The fourth-order valence-corrected chi connectivity index (χ4v) is 9.86. The number of rotatable bonds is 7. The van der Waals surface area contributed by atoms with E-state index in [1.165, 1.54) is 9.80 Å². The lowest BCUT2D eigenvalue weighted by Crippen LogP contribution is -2.53. The highest BCUT2D eigenvalue weighted by Gasteiger charge is 2.70. The van der Waals surface area contributed by atoms with Crippen molar-refractivity contribution in [2.75, 3.05) is 28.8 Å². The monoisotopic (exact) mass is 775 g/mol. The van der Waals surface area contributed by atoms with E-state index in [9.17, 15) is 19.5 Å². The summed E-state index contributed by atoms with van der Waals surface area (Å²) >= 11 is 6.41. The normalized spacial score (nSPS) is 25.4. The summed E-state index contributed by atoms with van der Waals surface area (Å²) in [6.45, 7) is 0. The van der Waals surface area contributed by atoms with Gasteiger partial charge in [-0.1, -0.05) is 71.8 Å². The maximum atomic E-state index is 15.3. The summed E-state index contributed by atoms with van der Waals surface area (Å²) in [4.78, 5) is 63.7. The van der Waals surface area contributed by atoms with Crippen LogP contribution < -0.4 is 14.7 Å². The number of fused-ring (bicyclic) bond motifs is 4. The molecule has 10 nitrogen and oxygen atoms in total. The molecular formula is C46H38ClN5O5. The van der Waals surface area contributed by atoms with E-state index in [-0.39, 0.29) is 30.4 Å². The average molecular weight is 776 g/mol. The van der Waals surface area contributed by atoms with Gasteiger partial charge in [0.25, 0.3) is 0 Å². The quantitative estimate of drug-likeness (QED) is 0.100. The summed E-state index contributed by atoms with van der Waals surface area (Å²) in [5.41, 5.74) is 3.76. The van der Waals surface area contributed by atoms with Crippen LogP contribution in [0.25, 0.3) is 0 Å². The van der Waals surface area contributed by atoms with Gasteiger partial charge in [-0.15, -0.1) is 0 Å². The molecule has 4 amide bonds. The Labute approximate surface area is 334 Å². The first-order chi connectivity index (χ1) is 27.6. The number of anilines is 3. The van der Waals surface area contributed by atoms with Crippen molar-refractivity contribution in [3.8, 4) is 5.75 Å². The molecule has 3 fully saturated rings. The molecule has 4 aliphatic rings. The molecule has 284 valence electrons. The van der Waals surface area contributed by atoms with Gasteiger partial charge in [-0.05, 0) is 109 Å².